The fourth-order valence-electron chi connectivity index (χ4n) is 4.07. The van der Waals surface area contributed by atoms with E-state index in [0.717, 1.165) is 43.4 Å². The SMILES string of the molecule is Cc1c2c(cc3c1N(Cc1cccc(F)c1F)CCO3)CCNCC2.O=C(O)/C=C/C(=O)O. The molecular weight excluding hydrogens is 434 g/mol. The molecule has 7 nitrogen and oxygen atoms in total. The largest absolute Gasteiger partial charge is 0.490 e. The summed E-state index contributed by atoms with van der Waals surface area (Å²) >= 11 is 0. The second-order valence-corrected chi connectivity index (χ2v) is 7.73. The molecule has 33 heavy (non-hydrogen) atoms. The molecule has 0 aromatic heterocycles. The van der Waals surface area contributed by atoms with Gasteiger partial charge in [-0.15, -0.1) is 0 Å². The Bertz CT molecular complexity index is 1060. The van der Waals surface area contributed by atoms with Gasteiger partial charge in [-0.05, 0) is 61.7 Å². The zero-order chi connectivity index (χ0) is 24.0. The number of halogens is 2. The van der Waals surface area contributed by atoms with Crippen molar-refractivity contribution in [2.75, 3.05) is 31.1 Å². The number of hydrogen-bond donors (Lipinski definition) is 3. The van der Waals surface area contributed by atoms with E-state index in [1.165, 1.54) is 16.7 Å². The minimum absolute atomic E-state index is 0.345. The Morgan fingerprint density at radius 1 is 1.15 bits per heavy atom. The van der Waals surface area contributed by atoms with Gasteiger partial charge in [-0.3, -0.25) is 0 Å². The van der Waals surface area contributed by atoms with Crippen molar-refractivity contribution in [3.8, 4) is 5.75 Å². The quantitative estimate of drug-likeness (QED) is 0.603. The molecule has 2 heterocycles. The standard InChI is InChI=1S/C20H22F2N2O.C4H4O4/c1-13-16-6-8-23-7-5-14(16)11-18-20(13)24(9-10-25-18)12-15-3-2-4-17(21)19(15)22;5-3(6)1-2-4(7)8/h2-4,11,23H,5-10,12H2,1H3;1-2H,(H,5,6)(H,7,8)/b;2-1+. The summed E-state index contributed by atoms with van der Waals surface area (Å²) in [5, 5.41) is 19.1. The number of fused-ring (bicyclic) bond motifs is 2. The molecule has 0 unspecified atom stereocenters. The smallest absolute Gasteiger partial charge is 0.328 e. The number of nitrogens with zero attached hydrogens (tertiary/aromatic N) is 1. The molecule has 2 aromatic rings. The number of carbonyl (C=O) groups is 2. The first kappa shape index (κ1) is 24.2. The molecule has 9 heteroatoms. The van der Waals surface area contributed by atoms with Crippen molar-refractivity contribution >= 4 is 17.6 Å². The molecule has 0 saturated heterocycles. The highest BCUT2D eigenvalue weighted by atomic mass is 19.2. The van der Waals surface area contributed by atoms with E-state index in [9.17, 15) is 18.4 Å². The molecule has 0 fully saturated rings. The molecule has 0 saturated carbocycles. The Morgan fingerprint density at radius 3 is 2.55 bits per heavy atom. The Kier molecular flexibility index (Phi) is 8.00. The summed E-state index contributed by atoms with van der Waals surface area (Å²) in [6.45, 7) is 5.63. The van der Waals surface area contributed by atoms with Crippen LogP contribution in [0, 0.1) is 18.6 Å². The van der Waals surface area contributed by atoms with Crippen LogP contribution in [-0.4, -0.2) is 48.4 Å². The predicted octanol–water partition coefficient (Wildman–Crippen LogP) is 3.07. The summed E-state index contributed by atoms with van der Waals surface area (Å²) in [6.07, 6.45) is 3.09. The minimum atomic E-state index is -1.26. The summed E-state index contributed by atoms with van der Waals surface area (Å²) < 4.78 is 33.6. The van der Waals surface area contributed by atoms with E-state index < -0.39 is 23.6 Å². The van der Waals surface area contributed by atoms with E-state index in [-0.39, 0.29) is 0 Å². The lowest BCUT2D eigenvalue weighted by Gasteiger charge is -2.34. The van der Waals surface area contributed by atoms with Crippen LogP contribution in [0.1, 0.15) is 22.3 Å². The summed E-state index contributed by atoms with van der Waals surface area (Å²) in [5.74, 6) is -3.20. The maximum atomic E-state index is 14.1. The number of carboxylic acids is 2. The molecule has 0 spiro atoms. The van der Waals surface area contributed by atoms with Gasteiger partial charge in [0.25, 0.3) is 0 Å². The van der Waals surface area contributed by atoms with Crippen LogP contribution in [0.3, 0.4) is 0 Å². The lowest BCUT2D eigenvalue weighted by Crippen LogP contribution is -2.33. The van der Waals surface area contributed by atoms with Crippen LogP contribution in [-0.2, 0) is 29.0 Å². The van der Waals surface area contributed by atoms with E-state index in [2.05, 4.69) is 23.2 Å². The van der Waals surface area contributed by atoms with Gasteiger partial charge in [0.2, 0.25) is 0 Å². The third kappa shape index (κ3) is 6.07. The molecule has 0 radical (unpaired) electrons. The van der Waals surface area contributed by atoms with Crippen LogP contribution in [0.25, 0.3) is 0 Å². The maximum absolute atomic E-state index is 14.1. The van der Waals surface area contributed by atoms with Crippen molar-refractivity contribution in [3.05, 3.63) is 70.3 Å². The predicted molar refractivity (Wildman–Crippen MR) is 119 cm³/mol. The Labute approximate surface area is 190 Å². The summed E-state index contributed by atoms with van der Waals surface area (Å²) in [4.78, 5) is 21.2. The number of anilines is 1. The molecule has 3 N–H and O–H groups in total. The third-order valence-corrected chi connectivity index (χ3v) is 5.55. The van der Waals surface area contributed by atoms with Gasteiger partial charge in [0.05, 0.1) is 12.2 Å². The van der Waals surface area contributed by atoms with Crippen molar-refractivity contribution in [1.29, 1.82) is 0 Å². The van der Waals surface area contributed by atoms with Crippen LogP contribution in [0.4, 0.5) is 14.5 Å². The van der Waals surface area contributed by atoms with Gasteiger partial charge in [0.1, 0.15) is 12.4 Å². The number of ether oxygens (including phenoxy) is 1. The van der Waals surface area contributed by atoms with Crippen LogP contribution in [0.5, 0.6) is 5.75 Å². The lowest BCUT2D eigenvalue weighted by atomic mass is 9.94. The van der Waals surface area contributed by atoms with Crippen LogP contribution >= 0.6 is 0 Å². The van der Waals surface area contributed by atoms with Crippen LogP contribution in [0.15, 0.2) is 36.4 Å². The molecule has 2 aromatic carbocycles. The number of rotatable bonds is 4. The van der Waals surface area contributed by atoms with Crippen LogP contribution in [0.2, 0.25) is 0 Å². The number of nitrogens with one attached hydrogen (secondary N) is 1. The minimum Gasteiger partial charge on any atom is -0.490 e. The van der Waals surface area contributed by atoms with Gasteiger partial charge in [0.15, 0.2) is 11.6 Å². The molecular formula is C24H26F2N2O5. The number of carboxylic acid groups (broad SMARTS) is 2. The number of aliphatic carboxylic acids is 2. The van der Waals surface area contributed by atoms with Gasteiger partial charge >= 0.3 is 11.9 Å². The van der Waals surface area contributed by atoms with Gasteiger partial charge in [-0.1, -0.05) is 12.1 Å². The van der Waals surface area contributed by atoms with Gasteiger partial charge in [0, 0.05) is 24.3 Å². The number of hydrogen-bond acceptors (Lipinski definition) is 5. The Hall–Kier alpha value is -3.46. The Balaban J connectivity index is 0.000000331. The van der Waals surface area contributed by atoms with E-state index in [4.69, 9.17) is 14.9 Å². The second-order valence-electron chi connectivity index (χ2n) is 7.73. The Morgan fingerprint density at radius 2 is 1.85 bits per heavy atom. The first-order chi connectivity index (χ1) is 15.8. The average Bonchev–Trinajstić information content (AvgIpc) is 3.02. The van der Waals surface area contributed by atoms with E-state index in [0.29, 0.717) is 37.4 Å². The fourth-order valence-corrected chi connectivity index (χ4v) is 4.07. The van der Waals surface area contributed by atoms with E-state index >= 15 is 0 Å². The maximum Gasteiger partial charge on any atom is 0.328 e. The first-order valence-electron chi connectivity index (χ1n) is 10.6. The van der Waals surface area contributed by atoms with Crippen molar-refractivity contribution in [2.24, 2.45) is 0 Å². The topological polar surface area (TPSA) is 99.1 Å². The molecule has 2 aliphatic rings. The highest BCUT2D eigenvalue weighted by molar-refractivity contribution is 5.89. The first-order valence-corrected chi connectivity index (χ1v) is 10.6. The highest BCUT2D eigenvalue weighted by Gasteiger charge is 2.25. The fraction of sp³-hybridized carbons (Fsp3) is 0.333. The third-order valence-electron chi connectivity index (χ3n) is 5.55. The number of benzene rings is 2. The lowest BCUT2D eigenvalue weighted by molar-refractivity contribution is -0.134. The highest BCUT2D eigenvalue weighted by Crippen LogP contribution is 2.40. The molecule has 0 aliphatic carbocycles. The summed E-state index contributed by atoms with van der Waals surface area (Å²) in [5.41, 5.74) is 5.30. The monoisotopic (exact) mass is 460 g/mol. The van der Waals surface area contributed by atoms with Crippen LogP contribution < -0.4 is 15.0 Å². The van der Waals surface area contributed by atoms with Crippen molar-refractivity contribution in [2.45, 2.75) is 26.3 Å². The summed E-state index contributed by atoms with van der Waals surface area (Å²) in [7, 11) is 0. The van der Waals surface area contributed by atoms with Gasteiger partial charge in [-0.25, -0.2) is 18.4 Å². The van der Waals surface area contributed by atoms with E-state index in [1.54, 1.807) is 12.1 Å². The molecule has 4 rings (SSSR count). The summed E-state index contributed by atoms with van der Waals surface area (Å²) in [6, 6.07) is 6.50. The van der Waals surface area contributed by atoms with E-state index in [1.807, 2.05) is 0 Å². The average molecular weight is 460 g/mol. The van der Waals surface area contributed by atoms with Gasteiger partial charge < -0.3 is 25.2 Å². The van der Waals surface area contributed by atoms with Crippen molar-refractivity contribution in [3.63, 3.8) is 0 Å². The molecule has 176 valence electrons. The van der Waals surface area contributed by atoms with Crippen molar-refractivity contribution < 1.29 is 33.3 Å². The zero-order valence-corrected chi connectivity index (χ0v) is 18.2. The molecule has 2 aliphatic heterocycles. The normalized spacial score (nSPS) is 14.9. The zero-order valence-electron chi connectivity index (χ0n) is 18.2. The molecule has 0 atom stereocenters. The molecule has 0 bridgehead atoms. The van der Waals surface area contributed by atoms with Gasteiger partial charge in [-0.2, -0.15) is 0 Å². The molecule has 0 amide bonds. The van der Waals surface area contributed by atoms with Crippen molar-refractivity contribution in [1.82, 2.24) is 5.32 Å². The second kappa shape index (κ2) is 10.9.